The lowest BCUT2D eigenvalue weighted by Gasteiger charge is -2.25. The Morgan fingerprint density at radius 1 is 1.13 bits per heavy atom. The van der Waals surface area contributed by atoms with Crippen LogP contribution in [-0.2, 0) is 15.1 Å². The van der Waals surface area contributed by atoms with Crippen molar-refractivity contribution < 1.29 is 23.9 Å². The molecule has 8 heteroatoms. The number of hydrogen-bond donors (Lipinski definition) is 2. The molecule has 8 nitrogen and oxygen atoms in total. The van der Waals surface area contributed by atoms with E-state index in [0.29, 0.717) is 34.1 Å². The van der Waals surface area contributed by atoms with Gasteiger partial charge in [0.05, 0.1) is 14.2 Å². The first-order valence-electron chi connectivity index (χ1n) is 9.38. The summed E-state index contributed by atoms with van der Waals surface area (Å²) in [4.78, 5) is 37.8. The molecule has 156 valence electrons. The van der Waals surface area contributed by atoms with E-state index in [-0.39, 0.29) is 0 Å². The lowest BCUT2D eigenvalue weighted by Crippen LogP contribution is -2.48. The van der Waals surface area contributed by atoms with E-state index in [9.17, 15) is 14.4 Å². The molecule has 1 saturated heterocycles. The van der Waals surface area contributed by atoms with Crippen molar-refractivity contribution in [3.8, 4) is 11.5 Å². The van der Waals surface area contributed by atoms with Crippen molar-refractivity contribution in [2.45, 2.75) is 18.9 Å². The molecule has 1 aliphatic rings. The second-order valence-electron chi connectivity index (χ2n) is 6.61. The van der Waals surface area contributed by atoms with Gasteiger partial charge in [-0.2, -0.15) is 5.01 Å². The highest BCUT2D eigenvalue weighted by Gasteiger charge is 2.52. The number of carbonyl (C=O) groups is 3. The van der Waals surface area contributed by atoms with Crippen LogP contribution < -0.4 is 20.2 Å². The quantitative estimate of drug-likeness (QED) is 0.541. The summed E-state index contributed by atoms with van der Waals surface area (Å²) in [5.74, 6) is -0.0339. The van der Waals surface area contributed by atoms with Crippen LogP contribution in [0.25, 0.3) is 6.08 Å². The van der Waals surface area contributed by atoms with Crippen molar-refractivity contribution in [3.05, 3.63) is 65.7 Å². The summed E-state index contributed by atoms with van der Waals surface area (Å²) in [5, 5.41) is 3.42. The molecule has 2 aromatic rings. The monoisotopic (exact) mass is 409 g/mol. The van der Waals surface area contributed by atoms with Crippen molar-refractivity contribution >= 4 is 23.9 Å². The Bertz CT molecular complexity index is 990. The first-order valence-corrected chi connectivity index (χ1v) is 9.38. The van der Waals surface area contributed by atoms with Gasteiger partial charge in [-0.3, -0.25) is 15.0 Å². The van der Waals surface area contributed by atoms with Crippen LogP contribution >= 0.6 is 0 Å². The average Bonchev–Trinajstić information content (AvgIpc) is 3.03. The van der Waals surface area contributed by atoms with E-state index in [1.807, 2.05) is 6.07 Å². The van der Waals surface area contributed by atoms with Crippen molar-refractivity contribution in [2.75, 3.05) is 14.2 Å². The van der Waals surface area contributed by atoms with Gasteiger partial charge in [-0.05, 0) is 30.2 Å². The van der Waals surface area contributed by atoms with Crippen LogP contribution in [0.5, 0.6) is 11.5 Å². The Hall–Kier alpha value is -3.81. The molecule has 1 atom stereocenters. The van der Waals surface area contributed by atoms with Crippen LogP contribution in [0.2, 0.25) is 0 Å². The maximum absolute atomic E-state index is 13.0. The van der Waals surface area contributed by atoms with E-state index < -0.39 is 23.4 Å². The van der Waals surface area contributed by atoms with Crippen LogP contribution in [0.1, 0.15) is 24.5 Å². The van der Waals surface area contributed by atoms with Crippen LogP contribution in [-0.4, -0.2) is 37.1 Å². The number of nitrogens with zero attached hydrogens (tertiary/aromatic N) is 1. The minimum atomic E-state index is -1.21. The summed E-state index contributed by atoms with van der Waals surface area (Å²) < 4.78 is 10.4. The van der Waals surface area contributed by atoms with Crippen LogP contribution in [0, 0.1) is 0 Å². The zero-order chi connectivity index (χ0) is 21.7. The third kappa shape index (κ3) is 3.84. The molecule has 3 rings (SSSR count). The SMILES string of the molecule is CC[C@@]1(c2ccccc2)NC(=O)N(NC(=O)/C=C/c2ccc(OC)cc2OC)C1=O. The molecule has 30 heavy (non-hydrogen) atoms. The Morgan fingerprint density at radius 3 is 2.50 bits per heavy atom. The molecular weight excluding hydrogens is 386 g/mol. The Labute approximate surface area is 174 Å². The molecule has 0 unspecified atom stereocenters. The number of methoxy groups -OCH3 is 2. The van der Waals surface area contributed by atoms with Gasteiger partial charge in [0.15, 0.2) is 0 Å². The molecule has 4 amide bonds. The largest absolute Gasteiger partial charge is 0.497 e. The molecule has 1 heterocycles. The topological polar surface area (TPSA) is 97.0 Å². The number of amides is 4. The van der Waals surface area contributed by atoms with E-state index >= 15 is 0 Å². The van der Waals surface area contributed by atoms with Crippen LogP contribution in [0.3, 0.4) is 0 Å². The summed E-state index contributed by atoms with van der Waals surface area (Å²) in [6.07, 6.45) is 3.09. The molecule has 1 aliphatic heterocycles. The fraction of sp³-hybridized carbons (Fsp3) is 0.227. The predicted molar refractivity (Wildman–Crippen MR) is 111 cm³/mol. The zero-order valence-corrected chi connectivity index (χ0v) is 17.0. The summed E-state index contributed by atoms with van der Waals surface area (Å²) in [6.45, 7) is 1.80. The van der Waals surface area contributed by atoms with Crippen molar-refractivity contribution in [2.24, 2.45) is 0 Å². The molecule has 0 spiro atoms. The van der Waals surface area contributed by atoms with Gasteiger partial charge in [-0.15, -0.1) is 0 Å². The Balaban J connectivity index is 1.76. The van der Waals surface area contributed by atoms with E-state index in [2.05, 4.69) is 10.7 Å². The molecule has 0 aromatic heterocycles. The summed E-state index contributed by atoms with van der Waals surface area (Å²) in [6, 6.07) is 13.4. The summed E-state index contributed by atoms with van der Waals surface area (Å²) >= 11 is 0. The lowest BCUT2D eigenvalue weighted by molar-refractivity contribution is -0.138. The number of urea groups is 1. The molecule has 0 bridgehead atoms. The second-order valence-corrected chi connectivity index (χ2v) is 6.61. The minimum absolute atomic E-state index is 0.340. The lowest BCUT2D eigenvalue weighted by atomic mass is 9.87. The Morgan fingerprint density at radius 2 is 1.87 bits per heavy atom. The molecule has 0 saturated carbocycles. The van der Waals surface area contributed by atoms with Gasteiger partial charge in [0.1, 0.15) is 17.0 Å². The van der Waals surface area contributed by atoms with E-state index in [1.54, 1.807) is 56.5 Å². The number of benzene rings is 2. The first-order chi connectivity index (χ1) is 14.4. The number of nitrogens with one attached hydrogen (secondary N) is 2. The van der Waals surface area contributed by atoms with Gasteiger partial charge in [0.2, 0.25) is 0 Å². The van der Waals surface area contributed by atoms with Crippen LogP contribution in [0.15, 0.2) is 54.6 Å². The number of hydrogen-bond acceptors (Lipinski definition) is 5. The highest BCUT2D eigenvalue weighted by Crippen LogP contribution is 2.31. The molecule has 1 fully saturated rings. The second kappa shape index (κ2) is 8.69. The molecule has 0 aliphatic carbocycles. The Kier molecular flexibility index (Phi) is 6.06. The number of ether oxygens (including phenoxy) is 2. The minimum Gasteiger partial charge on any atom is -0.497 e. The van der Waals surface area contributed by atoms with E-state index in [1.165, 1.54) is 19.3 Å². The standard InChI is InChI=1S/C22H23N3O5/c1-4-22(16-8-6-5-7-9-16)20(27)25(21(28)23-22)24-19(26)13-11-15-10-12-17(29-2)14-18(15)30-3/h5-14H,4H2,1-3H3,(H,23,28)(H,24,26)/b13-11+/t22-/m0/s1. The van der Waals surface area contributed by atoms with Crippen molar-refractivity contribution in [1.29, 1.82) is 0 Å². The number of hydrazine groups is 1. The number of carbonyl (C=O) groups excluding carboxylic acids is 3. The zero-order valence-electron chi connectivity index (χ0n) is 17.0. The number of rotatable bonds is 7. The highest BCUT2D eigenvalue weighted by atomic mass is 16.5. The van der Waals surface area contributed by atoms with Gasteiger partial charge in [-0.1, -0.05) is 37.3 Å². The first kappa shape index (κ1) is 20.9. The van der Waals surface area contributed by atoms with Crippen molar-refractivity contribution in [1.82, 2.24) is 15.8 Å². The summed E-state index contributed by atoms with van der Waals surface area (Å²) in [7, 11) is 3.05. The number of imide groups is 1. The molecule has 2 N–H and O–H groups in total. The van der Waals surface area contributed by atoms with Gasteiger partial charge < -0.3 is 14.8 Å². The maximum Gasteiger partial charge on any atom is 0.344 e. The average molecular weight is 409 g/mol. The van der Waals surface area contributed by atoms with Gasteiger partial charge in [0.25, 0.3) is 11.8 Å². The van der Waals surface area contributed by atoms with Gasteiger partial charge >= 0.3 is 6.03 Å². The normalized spacial score (nSPS) is 18.4. The van der Waals surface area contributed by atoms with Gasteiger partial charge in [0, 0.05) is 17.7 Å². The van der Waals surface area contributed by atoms with E-state index in [4.69, 9.17) is 9.47 Å². The third-order valence-electron chi connectivity index (χ3n) is 4.97. The fourth-order valence-corrected chi connectivity index (χ4v) is 3.31. The molecule has 2 aromatic carbocycles. The maximum atomic E-state index is 13.0. The molecular formula is C22H23N3O5. The predicted octanol–water partition coefficient (Wildman–Crippen LogP) is 2.61. The summed E-state index contributed by atoms with van der Waals surface area (Å²) in [5.41, 5.74) is 2.42. The fourth-order valence-electron chi connectivity index (χ4n) is 3.31. The van der Waals surface area contributed by atoms with E-state index in [0.717, 1.165) is 0 Å². The van der Waals surface area contributed by atoms with Gasteiger partial charge in [-0.25, -0.2) is 4.79 Å². The third-order valence-corrected chi connectivity index (χ3v) is 4.97. The highest BCUT2D eigenvalue weighted by molar-refractivity contribution is 6.09. The van der Waals surface area contributed by atoms with Crippen molar-refractivity contribution in [3.63, 3.8) is 0 Å². The smallest absolute Gasteiger partial charge is 0.344 e. The van der Waals surface area contributed by atoms with Crippen LogP contribution in [0.4, 0.5) is 4.79 Å². The molecule has 0 radical (unpaired) electrons.